The summed E-state index contributed by atoms with van der Waals surface area (Å²) in [5, 5.41) is 9.42. The van der Waals surface area contributed by atoms with E-state index in [-0.39, 0.29) is 35.3 Å². The zero-order valence-electron chi connectivity index (χ0n) is 21.6. The second-order valence-corrected chi connectivity index (χ2v) is 9.30. The third-order valence-electron chi connectivity index (χ3n) is 7.28. The number of halogens is 2. The fourth-order valence-corrected chi connectivity index (χ4v) is 5.33. The van der Waals surface area contributed by atoms with Crippen molar-refractivity contribution in [3.8, 4) is 11.8 Å². The number of hydrogen-bond acceptors (Lipinski definition) is 7. The van der Waals surface area contributed by atoms with E-state index in [1.54, 1.807) is 31.3 Å². The third kappa shape index (κ3) is 5.27. The van der Waals surface area contributed by atoms with Crippen LogP contribution in [0.15, 0.2) is 41.2 Å². The first-order valence-corrected chi connectivity index (χ1v) is 12.7. The van der Waals surface area contributed by atoms with Gasteiger partial charge in [0.15, 0.2) is 5.82 Å². The van der Waals surface area contributed by atoms with Gasteiger partial charge in [0.2, 0.25) is 0 Å². The summed E-state index contributed by atoms with van der Waals surface area (Å²) in [5.41, 5.74) is 2.14. The van der Waals surface area contributed by atoms with Crippen LogP contribution in [0.1, 0.15) is 57.3 Å². The second kappa shape index (κ2) is 11.2. The first kappa shape index (κ1) is 26.5. The number of nitrogens with zero attached hydrogens (tertiary/aromatic N) is 6. The lowest BCUT2D eigenvalue weighted by Gasteiger charge is -2.49. The van der Waals surface area contributed by atoms with Gasteiger partial charge in [0.1, 0.15) is 23.0 Å². The molecule has 37 heavy (non-hydrogen) atoms. The minimum Gasteiger partial charge on any atom is -0.435 e. The van der Waals surface area contributed by atoms with Gasteiger partial charge >= 0.3 is 12.3 Å². The SMILES string of the molecule is CCC1CN(C(CC)c2ccc(OC(F)F)cc2)[C@H](CC)CN1c1nc(=O)n(C)c2ccc(C#N)nc12. The van der Waals surface area contributed by atoms with Gasteiger partial charge in [0.05, 0.1) is 5.52 Å². The van der Waals surface area contributed by atoms with Crippen LogP contribution in [0.5, 0.6) is 5.75 Å². The molecule has 0 amide bonds. The van der Waals surface area contributed by atoms with E-state index in [9.17, 15) is 18.8 Å². The Morgan fingerprint density at radius 1 is 1.05 bits per heavy atom. The van der Waals surface area contributed by atoms with Crippen molar-refractivity contribution in [1.82, 2.24) is 19.4 Å². The molecular weight excluding hydrogens is 478 g/mol. The Kier molecular flexibility index (Phi) is 8.03. The smallest absolute Gasteiger partial charge is 0.387 e. The minimum absolute atomic E-state index is 0.0636. The summed E-state index contributed by atoms with van der Waals surface area (Å²) in [7, 11) is 1.66. The van der Waals surface area contributed by atoms with Crippen LogP contribution in [0.3, 0.4) is 0 Å². The summed E-state index contributed by atoms with van der Waals surface area (Å²) < 4.78 is 31.2. The number of aryl methyl sites for hydroxylation is 1. The van der Waals surface area contributed by atoms with Gasteiger partial charge in [-0.05, 0) is 49.1 Å². The van der Waals surface area contributed by atoms with Gasteiger partial charge in [-0.15, -0.1) is 0 Å². The maximum Gasteiger partial charge on any atom is 0.387 e. The molecule has 8 nitrogen and oxygen atoms in total. The largest absolute Gasteiger partial charge is 0.435 e. The van der Waals surface area contributed by atoms with Crippen LogP contribution in [0.2, 0.25) is 0 Å². The number of rotatable bonds is 8. The van der Waals surface area contributed by atoms with Gasteiger partial charge in [-0.2, -0.15) is 19.0 Å². The highest BCUT2D eigenvalue weighted by Gasteiger charge is 2.37. The topological polar surface area (TPSA) is 87.3 Å². The number of benzene rings is 1. The summed E-state index contributed by atoms with van der Waals surface area (Å²) in [4.78, 5) is 26.4. The van der Waals surface area contributed by atoms with Gasteiger partial charge in [-0.1, -0.05) is 32.9 Å². The highest BCUT2D eigenvalue weighted by molar-refractivity contribution is 5.86. The van der Waals surface area contributed by atoms with Crippen molar-refractivity contribution in [3.05, 3.63) is 58.1 Å². The van der Waals surface area contributed by atoms with E-state index in [0.29, 0.717) is 23.4 Å². The number of alkyl halides is 2. The Labute approximate surface area is 215 Å². The molecule has 0 radical (unpaired) electrons. The quantitative estimate of drug-likeness (QED) is 0.437. The number of aromatic nitrogens is 3. The molecule has 3 aromatic rings. The third-order valence-corrected chi connectivity index (χ3v) is 7.28. The Bertz CT molecular complexity index is 1340. The van der Waals surface area contributed by atoms with Crippen LogP contribution < -0.4 is 15.3 Å². The van der Waals surface area contributed by atoms with Crippen molar-refractivity contribution in [3.63, 3.8) is 0 Å². The van der Waals surface area contributed by atoms with Crippen molar-refractivity contribution in [2.45, 2.75) is 64.8 Å². The number of anilines is 1. The normalized spacial score (nSPS) is 19.2. The molecule has 1 aliphatic rings. The number of pyridine rings is 1. The van der Waals surface area contributed by atoms with Crippen LogP contribution >= 0.6 is 0 Å². The molecule has 1 aromatic carbocycles. The van der Waals surface area contributed by atoms with Gasteiger partial charge in [-0.25, -0.2) is 9.78 Å². The van der Waals surface area contributed by atoms with Crippen LogP contribution in [-0.2, 0) is 7.05 Å². The van der Waals surface area contributed by atoms with Crippen molar-refractivity contribution >= 4 is 16.9 Å². The lowest BCUT2D eigenvalue weighted by atomic mass is 9.95. The number of nitriles is 1. The van der Waals surface area contributed by atoms with Gasteiger partial charge in [0, 0.05) is 38.3 Å². The summed E-state index contributed by atoms with van der Waals surface area (Å²) in [5.74, 6) is 0.659. The summed E-state index contributed by atoms with van der Waals surface area (Å²) in [6.07, 6.45) is 2.54. The van der Waals surface area contributed by atoms with Crippen LogP contribution in [0.25, 0.3) is 11.0 Å². The molecular formula is C27H32F2N6O2. The van der Waals surface area contributed by atoms with Crippen molar-refractivity contribution in [2.75, 3.05) is 18.0 Å². The van der Waals surface area contributed by atoms with Gasteiger partial charge < -0.3 is 9.64 Å². The van der Waals surface area contributed by atoms with Gasteiger partial charge in [-0.3, -0.25) is 9.47 Å². The number of ether oxygens (including phenoxy) is 1. The predicted molar refractivity (Wildman–Crippen MR) is 138 cm³/mol. The first-order chi connectivity index (χ1) is 17.8. The Balaban J connectivity index is 1.70. The molecule has 1 saturated heterocycles. The molecule has 196 valence electrons. The number of hydrogen-bond donors (Lipinski definition) is 0. The van der Waals surface area contributed by atoms with Crippen molar-refractivity contribution in [1.29, 1.82) is 5.26 Å². The molecule has 3 heterocycles. The van der Waals surface area contributed by atoms with E-state index in [1.807, 2.05) is 12.1 Å². The fourth-order valence-electron chi connectivity index (χ4n) is 5.33. The molecule has 3 atom stereocenters. The second-order valence-electron chi connectivity index (χ2n) is 9.30. The van der Waals surface area contributed by atoms with Gasteiger partial charge in [0.25, 0.3) is 0 Å². The standard InChI is InChI=1S/C27H32F2N6O2/c1-5-19-16-35(25-24-23(33(4)27(36)32-25)13-10-18(14-30)31-24)20(6-2)15-34(19)22(7-3)17-8-11-21(12-9-17)37-26(28)29/h8-13,19-20,22,26H,5-7,15-16H2,1-4H3/t19-,20?,22?/m1/s1. The average Bonchev–Trinajstić information content (AvgIpc) is 2.91. The molecule has 1 aliphatic heterocycles. The van der Waals surface area contributed by atoms with Crippen molar-refractivity contribution in [2.24, 2.45) is 7.05 Å². The molecule has 0 saturated carbocycles. The van der Waals surface area contributed by atoms with Crippen LogP contribution in [-0.4, -0.2) is 51.2 Å². The zero-order valence-corrected chi connectivity index (χ0v) is 21.6. The highest BCUT2D eigenvalue weighted by Crippen LogP contribution is 2.35. The molecule has 10 heteroatoms. The van der Waals surface area contributed by atoms with E-state index in [4.69, 9.17) is 0 Å². The maximum absolute atomic E-state index is 12.8. The highest BCUT2D eigenvalue weighted by atomic mass is 19.3. The summed E-state index contributed by atoms with van der Waals surface area (Å²) in [6.45, 7) is 4.89. The van der Waals surface area contributed by atoms with E-state index >= 15 is 0 Å². The van der Waals surface area contributed by atoms with E-state index in [1.165, 1.54) is 4.57 Å². The molecule has 0 aliphatic carbocycles. The maximum atomic E-state index is 12.8. The number of piperazine rings is 1. The average molecular weight is 511 g/mol. The summed E-state index contributed by atoms with van der Waals surface area (Å²) >= 11 is 0. The minimum atomic E-state index is -2.85. The lowest BCUT2D eigenvalue weighted by Crippen LogP contribution is -2.59. The molecule has 0 spiro atoms. The Morgan fingerprint density at radius 3 is 2.35 bits per heavy atom. The van der Waals surface area contributed by atoms with Crippen molar-refractivity contribution < 1.29 is 13.5 Å². The first-order valence-electron chi connectivity index (χ1n) is 12.7. The van der Waals surface area contributed by atoms with Crippen LogP contribution in [0, 0.1) is 11.3 Å². The molecule has 2 aromatic heterocycles. The zero-order chi connectivity index (χ0) is 26.7. The number of fused-ring (bicyclic) bond motifs is 1. The van der Waals surface area contributed by atoms with E-state index in [0.717, 1.165) is 31.4 Å². The van der Waals surface area contributed by atoms with Crippen LogP contribution in [0.4, 0.5) is 14.6 Å². The van der Waals surface area contributed by atoms with E-state index in [2.05, 4.69) is 51.3 Å². The molecule has 2 unspecified atom stereocenters. The molecule has 0 N–H and O–H groups in total. The molecule has 0 bridgehead atoms. The Morgan fingerprint density at radius 2 is 1.76 bits per heavy atom. The molecule has 1 fully saturated rings. The monoisotopic (exact) mass is 510 g/mol. The predicted octanol–water partition coefficient (Wildman–Crippen LogP) is 4.63. The van der Waals surface area contributed by atoms with E-state index < -0.39 is 6.61 Å². The fraction of sp³-hybridized carbons (Fsp3) is 0.481. The Hall–Kier alpha value is -3.58. The molecule has 4 rings (SSSR count). The summed E-state index contributed by atoms with van der Waals surface area (Å²) in [6, 6.07) is 12.7. The lowest BCUT2D eigenvalue weighted by molar-refractivity contribution is -0.0498.